The largest absolute Gasteiger partial charge is 0.504 e. The molecule has 1 aliphatic rings. The number of carboxylic acids is 1. The minimum atomic E-state index is -1.22. The number of carbonyl (C=O) groups is 2. The average Bonchev–Trinajstić information content (AvgIpc) is 2.70. The number of carboxylic acid groups (broad SMARTS) is 1. The van der Waals surface area contributed by atoms with Crippen LogP contribution in [0.15, 0.2) is 24.3 Å². The summed E-state index contributed by atoms with van der Waals surface area (Å²) in [6.45, 7) is 1.62. The van der Waals surface area contributed by atoms with Crippen molar-refractivity contribution in [2.45, 2.75) is 25.6 Å². The summed E-state index contributed by atoms with van der Waals surface area (Å²) < 4.78 is 24.4. The maximum absolute atomic E-state index is 13.0. The number of aliphatic carboxylic acids is 1. The molecular formula is C19H20FN3O6. The minimum absolute atomic E-state index is 0.0355. The highest BCUT2D eigenvalue weighted by molar-refractivity contribution is 5.96. The van der Waals surface area contributed by atoms with E-state index in [2.05, 4.69) is 15.3 Å². The second-order valence-corrected chi connectivity index (χ2v) is 6.55. The number of hydrogen-bond donors (Lipinski definition) is 3. The van der Waals surface area contributed by atoms with E-state index in [1.165, 1.54) is 19.1 Å². The van der Waals surface area contributed by atoms with Crippen molar-refractivity contribution in [2.24, 2.45) is 0 Å². The first-order valence-electron chi connectivity index (χ1n) is 8.88. The van der Waals surface area contributed by atoms with Crippen molar-refractivity contribution in [1.29, 1.82) is 0 Å². The molecule has 29 heavy (non-hydrogen) atoms. The van der Waals surface area contributed by atoms with Gasteiger partial charge in [0.25, 0.3) is 5.91 Å². The summed E-state index contributed by atoms with van der Waals surface area (Å²) in [5.41, 5.74) is 0.767. The molecule has 0 aliphatic carbocycles. The SMILES string of the molecule is Cc1nc(CC2OCC(c3ccc(F)cc3)CO2)nc(C(=O)NCC(=O)O)c1O. The third-order valence-electron chi connectivity index (χ3n) is 4.38. The third-order valence-corrected chi connectivity index (χ3v) is 4.38. The van der Waals surface area contributed by atoms with Gasteiger partial charge in [-0.15, -0.1) is 0 Å². The number of nitrogens with zero attached hydrogens (tertiary/aromatic N) is 2. The molecule has 0 saturated carbocycles. The highest BCUT2D eigenvalue weighted by atomic mass is 19.1. The van der Waals surface area contributed by atoms with Gasteiger partial charge in [0.05, 0.1) is 25.3 Å². The predicted molar refractivity (Wildman–Crippen MR) is 96.9 cm³/mol. The maximum Gasteiger partial charge on any atom is 0.322 e. The number of nitrogens with one attached hydrogen (secondary N) is 1. The fraction of sp³-hybridized carbons (Fsp3) is 0.368. The van der Waals surface area contributed by atoms with Gasteiger partial charge >= 0.3 is 5.97 Å². The molecule has 9 nitrogen and oxygen atoms in total. The monoisotopic (exact) mass is 405 g/mol. The first-order chi connectivity index (χ1) is 13.8. The average molecular weight is 405 g/mol. The van der Waals surface area contributed by atoms with E-state index < -0.39 is 30.5 Å². The smallest absolute Gasteiger partial charge is 0.322 e. The van der Waals surface area contributed by atoms with E-state index in [1.54, 1.807) is 12.1 Å². The van der Waals surface area contributed by atoms with Crippen LogP contribution in [0.3, 0.4) is 0 Å². The van der Waals surface area contributed by atoms with Crippen molar-refractivity contribution in [1.82, 2.24) is 15.3 Å². The van der Waals surface area contributed by atoms with Crippen LogP contribution in [0.5, 0.6) is 5.75 Å². The lowest BCUT2D eigenvalue weighted by Crippen LogP contribution is -2.33. The van der Waals surface area contributed by atoms with Crippen LogP contribution < -0.4 is 5.32 Å². The number of amides is 1. The van der Waals surface area contributed by atoms with Crippen LogP contribution in [-0.2, 0) is 20.7 Å². The minimum Gasteiger partial charge on any atom is -0.504 e. The van der Waals surface area contributed by atoms with Crippen LogP contribution in [0, 0.1) is 12.7 Å². The van der Waals surface area contributed by atoms with Gasteiger partial charge in [-0.3, -0.25) is 9.59 Å². The highest BCUT2D eigenvalue weighted by Crippen LogP contribution is 2.25. The van der Waals surface area contributed by atoms with Crippen LogP contribution in [0.2, 0.25) is 0 Å². The van der Waals surface area contributed by atoms with Gasteiger partial charge in [0.1, 0.15) is 18.2 Å². The maximum atomic E-state index is 13.0. The summed E-state index contributed by atoms with van der Waals surface area (Å²) in [6, 6.07) is 6.12. The van der Waals surface area contributed by atoms with Gasteiger partial charge in [0.2, 0.25) is 0 Å². The van der Waals surface area contributed by atoms with Crippen molar-refractivity contribution in [2.75, 3.05) is 19.8 Å². The Morgan fingerprint density at radius 3 is 2.48 bits per heavy atom. The molecule has 0 spiro atoms. The first-order valence-corrected chi connectivity index (χ1v) is 8.88. The molecule has 1 saturated heterocycles. The Kier molecular flexibility index (Phi) is 6.35. The number of benzene rings is 1. The summed E-state index contributed by atoms with van der Waals surface area (Å²) in [5.74, 6) is -2.59. The Hall–Kier alpha value is -3.11. The van der Waals surface area contributed by atoms with E-state index in [0.29, 0.717) is 13.2 Å². The second kappa shape index (κ2) is 8.93. The highest BCUT2D eigenvalue weighted by Gasteiger charge is 2.26. The number of hydrogen-bond acceptors (Lipinski definition) is 7. The molecule has 0 bridgehead atoms. The Balaban J connectivity index is 1.64. The molecule has 3 N–H and O–H groups in total. The number of ether oxygens (including phenoxy) is 2. The molecular weight excluding hydrogens is 385 g/mol. The molecule has 1 aliphatic heterocycles. The standard InChI is InChI=1S/C19H20FN3O6/c1-10-18(26)17(19(27)21-7-15(24)25)23-14(22-10)6-16-28-8-12(9-29-16)11-2-4-13(20)5-3-11/h2-5,12,16,26H,6-9H2,1H3,(H,21,27)(H,24,25). The van der Waals surface area contributed by atoms with Crippen LogP contribution in [0.25, 0.3) is 0 Å². The molecule has 10 heteroatoms. The summed E-state index contributed by atoms with van der Waals surface area (Å²) >= 11 is 0. The van der Waals surface area contributed by atoms with Gasteiger partial charge in [-0.1, -0.05) is 12.1 Å². The quantitative estimate of drug-likeness (QED) is 0.652. The molecule has 1 amide bonds. The lowest BCUT2D eigenvalue weighted by atomic mass is 10.0. The van der Waals surface area contributed by atoms with Crippen molar-refractivity contribution in [3.8, 4) is 5.75 Å². The van der Waals surface area contributed by atoms with Gasteiger partial charge in [-0.2, -0.15) is 0 Å². The molecule has 1 fully saturated rings. The Morgan fingerprint density at radius 2 is 1.86 bits per heavy atom. The summed E-state index contributed by atoms with van der Waals surface area (Å²) in [6.07, 6.45) is -0.512. The predicted octanol–water partition coefficient (Wildman–Crippen LogP) is 1.14. The van der Waals surface area contributed by atoms with Crippen LogP contribution in [0.1, 0.15) is 33.5 Å². The van der Waals surface area contributed by atoms with Crippen molar-refractivity contribution < 1.29 is 33.7 Å². The Morgan fingerprint density at radius 1 is 1.21 bits per heavy atom. The Labute approximate surface area is 165 Å². The van der Waals surface area contributed by atoms with Crippen molar-refractivity contribution in [3.05, 3.63) is 52.9 Å². The van der Waals surface area contributed by atoms with Gasteiger partial charge in [0, 0.05) is 5.92 Å². The molecule has 2 heterocycles. The normalized spacial score (nSPS) is 19.0. The molecule has 1 aromatic carbocycles. The van der Waals surface area contributed by atoms with E-state index in [4.69, 9.17) is 14.6 Å². The molecule has 0 radical (unpaired) electrons. The number of aryl methyl sites for hydroxylation is 1. The molecule has 1 aromatic heterocycles. The van der Waals surface area contributed by atoms with E-state index in [-0.39, 0.29) is 35.4 Å². The fourth-order valence-corrected chi connectivity index (χ4v) is 2.85. The number of aromatic nitrogens is 2. The van der Waals surface area contributed by atoms with Crippen LogP contribution in [-0.4, -0.2) is 58.1 Å². The van der Waals surface area contributed by atoms with Crippen LogP contribution >= 0.6 is 0 Å². The van der Waals surface area contributed by atoms with Gasteiger partial charge in [-0.25, -0.2) is 14.4 Å². The number of rotatable bonds is 6. The van der Waals surface area contributed by atoms with Crippen molar-refractivity contribution in [3.63, 3.8) is 0 Å². The van der Waals surface area contributed by atoms with E-state index in [0.717, 1.165) is 5.56 Å². The van der Waals surface area contributed by atoms with Gasteiger partial charge in [0.15, 0.2) is 17.7 Å². The first kappa shape index (κ1) is 20.6. The van der Waals surface area contributed by atoms with E-state index in [1.807, 2.05) is 0 Å². The third kappa shape index (κ3) is 5.24. The molecule has 3 rings (SSSR count). The molecule has 0 unspecified atom stereocenters. The number of carbonyl (C=O) groups excluding carboxylic acids is 1. The summed E-state index contributed by atoms with van der Waals surface area (Å²) in [5, 5.41) is 20.8. The molecule has 0 atom stereocenters. The van der Waals surface area contributed by atoms with Crippen molar-refractivity contribution >= 4 is 11.9 Å². The zero-order valence-electron chi connectivity index (χ0n) is 15.6. The number of aromatic hydroxyl groups is 1. The van der Waals surface area contributed by atoms with E-state index in [9.17, 15) is 19.1 Å². The Bertz CT molecular complexity index is 898. The number of halogens is 1. The van der Waals surface area contributed by atoms with E-state index >= 15 is 0 Å². The lowest BCUT2D eigenvalue weighted by molar-refractivity contribution is -0.186. The zero-order chi connectivity index (χ0) is 21.0. The van der Waals surface area contributed by atoms with Gasteiger partial charge < -0.3 is 25.0 Å². The summed E-state index contributed by atoms with van der Waals surface area (Å²) in [7, 11) is 0. The topological polar surface area (TPSA) is 131 Å². The van der Waals surface area contributed by atoms with Crippen LogP contribution in [0.4, 0.5) is 4.39 Å². The van der Waals surface area contributed by atoms with Gasteiger partial charge in [-0.05, 0) is 24.6 Å². The molecule has 2 aromatic rings. The second-order valence-electron chi connectivity index (χ2n) is 6.55. The zero-order valence-corrected chi connectivity index (χ0v) is 15.6. The summed E-state index contributed by atoms with van der Waals surface area (Å²) in [4.78, 5) is 30.8. The fourth-order valence-electron chi connectivity index (χ4n) is 2.85. The lowest BCUT2D eigenvalue weighted by Gasteiger charge is -2.29. The molecule has 154 valence electrons.